The Bertz CT molecular complexity index is 171. The quantitative estimate of drug-likeness (QED) is 0.428. The Morgan fingerprint density at radius 2 is 1.83 bits per heavy atom. The molecule has 0 fully saturated rings. The highest BCUT2D eigenvalue weighted by Crippen LogP contribution is 2.22. The van der Waals surface area contributed by atoms with E-state index in [0.29, 0.717) is 0 Å². The first-order valence-electron chi connectivity index (χ1n) is 2.75. The van der Waals surface area contributed by atoms with Crippen LogP contribution >= 0.6 is 15.9 Å². The first kappa shape index (κ1) is 11.7. The smallest absolute Gasteiger partial charge is 0.422 e. The van der Waals surface area contributed by atoms with Crippen LogP contribution in [0, 0.1) is 0 Å². The highest BCUT2D eigenvalue weighted by Gasteiger charge is 2.36. The largest absolute Gasteiger partial charge is 0.453 e. The Morgan fingerprint density at radius 1 is 1.42 bits per heavy atom. The van der Waals surface area contributed by atoms with E-state index in [9.17, 15) is 22.4 Å². The minimum absolute atomic E-state index is 0.742. The maximum absolute atomic E-state index is 12.4. The number of halogens is 5. The van der Waals surface area contributed by atoms with E-state index in [0.717, 1.165) is 6.92 Å². The van der Waals surface area contributed by atoms with Crippen LogP contribution in [0.25, 0.3) is 0 Å². The van der Waals surface area contributed by atoms with Gasteiger partial charge in [0.15, 0.2) is 6.61 Å². The van der Waals surface area contributed by atoms with Crippen molar-refractivity contribution in [3.8, 4) is 0 Å². The minimum atomic E-state index is -4.63. The zero-order valence-electron chi connectivity index (χ0n) is 5.91. The van der Waals surface area contributed by atoms with E-state index in [1.54, 1.807) is 0 Å². The highest BCUT2D eigenvalue weighted by atomic mass is 79.9. The van der Waals surface area contributed by atoms with E-state index in [-0.39, 0.29) is 0 Å². The van der Waals surface area contributed by atoms with E-state index in [1.165, 1.54) is 0 Å². The summed E-state index contributed by atoms with van der Waals surface area (Å²) in [4.78, 5) is 10.4. The number of rotatable bonds is 2. The fourth-order valence-corrected chi connectivity index (χ4v) is 0.389. The number of hydrogen-bond acceptors (Lipinski definition) is 2. The highest BCUT2D eigenvalue weighted by molar-refractivity contribution is 9.10. The van der Waals surface area contributed by atoms with Crippen molar-refractivity contribution in [1.29, 1.82) is 0 Å². The minimum Gasteiger partial charge on any atom is -0.453 e. The van der Waals surface area contributed by atoms with Crippen molar-refractivity contribution < 1.29 is 27.1 Å². The molecule has 7 heteroatoms. The number of alkyl halides is 5. The van der Waals surface area contributed by atoms with Gasteiger partial charge in [-0.1, -0.05) is 0 Å². The molecule has 0 aromatic rings. The van der Waals surface area contributed by atoms with Gasteiger partial charge >= 0.3 is 12.1 Å². The molecule has 72 valence electrons. The van der Waals surface area contributed by atoms with Crippen LogP contribution < -0.4 is 0 Å². The van der Waals surface area contributed by atoms with Crippen molar-refractivity contribution in [2.24, 2.45) is 0 Å². The standard InChI is InChI=1S/C5H5BrF4O2/c1-4(6,7)3(11)12-2-5(8,9)10/h2H2,1H3. The second kappa shape index (κ2) is 3.59. The Morgan fingerprint density at radius 3 is 2.08 bits per heavy atom. The molecule has 0 amide bonds. The van der Waals surface area contributed by atoms with Gasteiger partial charge in [0.05, 0.1) is 0 Å². The lowest BCUT2D eigenvalue weighted by Gasteiger charge is -2.12. The number of ether oxygens (including phenoxy) is 1. The van der Waals surface area contributed by atoms with Gasteiger partial charge in [0.2, 0.25) is 0 Å². The van der Waals surface area contributed by atoms with Crippen LogP contribution in [0.3, 0.4) is 0 Å². The van der Waals surface area contributed by atoms with E-state index in [4.69, 9.17) is 0 Å². The summed E-state index contributed by atoms with van der Waals surface area (Å²) in [5, 5.41) is 0. The van der Waals surface area contributed by atoms with Crippen molar-refractivity contribution >= 4 is 21.9 Å². The van der Waals surface area contributed by atoms with Crippen molar-refractivity contribution in [3.63, 3.8) is 0 Å². The molecule has 0 heterocycles. The molecule has 0 saturated carbocycles. The number of carbonyl (C=O) groups is 1. The predicted octanol–water partition coefficient (Wildman–Crippen LogP) is 2.17. The molecule has 1 unspecified atom stereocenters. The molecule has 0 N–H and O–H groups in total. The molecule has 0 aromatic carbocycles. The molecule has 0 aliphatic heterocycles. The monoisotopic (exact) mass is 252 g/mol. The fraction of sp³-hybridized carbons (Fsp3) is 0.800. The summed E-state index contributed by atoms with van der Waals surface area (Å²) in [6.07, 6.45) is -4.63. The van der Waals surface area contributed by atoms with Gasteiger partial charge < -0.3 is 4.74 Å². The van der Waals surface area contributed by atoms with Crippen LogP contribution in [-0.2, 0) is 9.53 Å². The van der Waals surface area contributed by atoms with Crippen LogP contribution in [0.1, 0.15) is 6.92 Å². The first-order chi connectivity index (χ1) is 5.13. The first-order valence-corrected chi connectivity index (χ1v) is 3.54. The molecule has 0 aromatic heterocycles. The number of esters is 1. The molecule has 0 aliphatic carbocycles. The lowest BCUT2D eigenvalue weighted by molar-refractivity contribution is -0.190. The summed E-state index contributed by atoms with van der Waals surface area (Å²) < 4.78 is 47.6. The third-order valence-corrected chi connectivity index (χ3v) is 1.05. The van der Waals surface area contributed by atoms with Gasteiger partial charge in [-0.15, -0.1) is 0 Å². The molecule has 0 saturated heterocycles. The van der Waals surface area contributed by atoms with Crippen molar-refractivity contribution in [1.82, 2.24) is 0 Å². The lowest BCUT2D eigenvalue weighted by Crippen LogP contribution is -2.29. The SMILES string of the molecule is CC(F)(Br)C(=O)OCC(F)(F)F. The van der Waals surface area contributed by atoms with Crippen molar-refractivity contribution in [2.45, 2.75) is 17.7 Å². The lowest BCUT2D eigenvalue weighted by atomic mass is 10.4. The average molecular weight is 253 g/mol. The molecule has 0 aliphatic rings. The van der Waals surface area contributed by atoms with Gasteiger partial charge in [-0.3, -0.25) is 0 Å². The molecule has 2 nitrogen and oxygen atoms in total. The summed E-state index contributed by atoms with van der Waals surface area (Å²) in [5.41, 5.74) is 0. The predicted molar refractivity (Wildman–Crippen MR) is 35.5 cm³/mol. The maximum atomic E-state index is 12.4. The zero-order valence-corrected chi connectivity index (χ0v) is 7.50. The molecule has 0 radical (unpaired) electrons. The third-order valence-electron chi connectivity index (χ3n) is 0.725. The number of carbonyl (C=O) groups excluding carboxylic acids is 1. The zero-order chi connectivity index (χ0) is 9.99. The average Bonchev–Trinajstić information content (AvgIpc) is 1.78. The fourth-order valence-electron chi connectivity index (χ4n) is 0.274. The maximum Gasteiger partial charge on any atom is 0.422 e. The van der Waals surface area contributed by atoms with Gasteiger partial charge in [0.25, 0.3) is 4.58 Å². The molecular formula is C5H5BrF4O2. The Labute approximate surface area is 74.0 Å². The topological polar surface area (TPSA) is 26.3 Å². The normalized spacial score (nSPS) is 16.8. The molecule has 12 heavy (non-hydrogen) atoms. The van der Waals surface area contributed by atoms with Crippen LogP contribution in [-0.4, -0.2) is 23.3 Å². The van der Waals surface area contributed by atoms with Crippen molar-refractivity contribution in [3.05, 3.63) is 0 Å². The Balaban J connectivity index is 3.90. The summed E-state index contributed by atoms with van der Waals surface area (Å²) >= 11 is 2.20. The second-order valence-electron chi connectivity index (χ2n) is 2.08. The van der Waals surface area contributed by atoms with Crippen LogP contribution in [0.4, 0.5) is 17.6 Å². The molecule has 0 bridgehead atoms. The van der Waals surface area contributed by atoms with E-state index in [2.05, 4.69) is 20.7 Å². The number of hydrogen-bond donors (Lipinski definition) is 0. The van der Waals surface area contributed by atoms with Crippen LogP contribution in [0.2, 0.25) is 0 Å². The molecular weight excluding hydrogens is 248 g/mol. The van der Waals surface area contributed by atoms with E-state index in [1.807, 2.05) is 0 Å². The van der Waals surface area contributed by atoms with Gasteiger partial charge in [0, 0.05) is 0 Å². The summed E-state index contributed by atoms with van der Waals surface area (Å²) in [6.45, 7) is -1.04. The third kappa shape index (κ3) is 5.34. The molecule has 0 spiro atoms. The molecule has 0 rings (SSSR count). The van der Waals surface area contributed by atoms with Crippen molar-refractivity contribution in [2.75, 3.05) is 6.61 Å². The Kier molecular flexibility index (Phi) is 3.49. The molecule has 1 atom stereocenters. The van der Waals surface area contributed by atoms with E-state index >= 15 is 0 Å². The second-order valence-corrected chi connectivity index (χ2v) is 3.57. The Hall–Kier alpha value is -0.330. The van der Waals surface area contributed by atoms with Gasteiger partial charge in [0.1, 0.15) is 0 Å². The summed E-state index contributed by atoms with van der Waals surface area (Å²) in [5.74, 6) is -1.60. The van der Waals surface area contributed by atoms with Crippen LogP contribution in [0.15, 0.2) is 0 Å². The summed E-state index contributed by atoms with van der Waals surface area (Å²) in [6, 6.07) is 0. The van der Waals surface area contributed by atoms with Gasteiger partial charge in [-0.05, 0) is 22.9 Å². The van der Waals surface area contributed by atoms with Crippen LogP contribution in [0.5, 0.6) is 0 Å². The summed E-state index contributed by atoms with van der Waals surface area (Å²) in [7, 11) is 0. The van der Waals surface area contributed by atoms with Gasteiger partial charge in [-0.25, -0.2) is 9.18 Å². The van der Waals surface area contributed by atoms with E-state index < -0.39 is 23.3 Å². The van der Waals surface area contributed by atoms with Gasteiger partial charge in [-0.2, -0.15) is 13.2 Å².